The normalized spacial score (nSPS) is 28.0. The Bertz CT molecular complexity index is 1160. The van der Waals surface area contributed by atoms with Crippen LogP contribution in [0.5, 0.6) is 0 Å². The minimum Gasteiger partial charge on any atom is -0.387 e. The number of hydrogen-bond acceptors (Lipinski definition) is 10. The predicted molar refractivity (Wildman–Crippen MR) is 110 cm³/mol. The molecule has 0 aliphatic carbocycles. The molecule has 180 valence electrons. The molecule has 32 heavy (non-hydrogen) atoms. The molecule has 6 atom stereocenters. The summed E-state index contributed by atoms with van der Waals surface area (Å²) in [7, 11) is -16.7. The number of aromatic nitrogens is 3. The fraction of sp³-hybridized carbons (Fsp3) is 0.500. The summed E-state index contributed by atoms with van der Waals surface area (Å²) in [5.74, 6) is 0. The molecule has 2 aromatic heterocycles. The van der Waals surface area contributed by atoms with Crippen LogP contribution in [0.1, 0.15) is 11.9 Å². The van der Waals surface area contributed by atoms with E-state index in [2.05, 4.69) is 23.1 Å². The number of aliphatic hydroxyl groups excluding tert-OH is 1. The Hall–Kier alpha value is -0.390. The molecule has 1 fully saturated rings. The number of halogens is 2. The molecule has 0 aromatic carbocycles. The van der Waals surface area contributed by atoms with E-state index in [0.29, 0.717) is 20.3 Å². The molecule has 0 bridgehead atoms. The third kappa shape index (κ3) is 5.99. The Labute approximate surface area is 192 Å². The van der Waals surface area contributed by atoms with Gasteiger partial charge in [0.25, 0.3) is 0 Å². The van der Waals surface area contributed by atoms with Gasteiger partial charge in [0.05, 0.1) is 17.7 Å². The van der Waals surface area contributed by atoms with Gasteiger partial charge in [-0.15, -0.1) is 0 Å². The van der Waals surface area contributed by atoms with E-state index < -0.39 is 54.7 Å². The van der Waals surface area contributed by atoms with Crippen LogP contribution >= 0.6 is 46.1 Å². The minimum atomic E-state index is -5.71. The number of phosphoric acid groups is 3. The van der Waals surface area contributed by atoms with Crippen LogP contribution in [0.3, 0.4) is 0 Å². The molecular formula is C12H16FIN3O12P3. The number of phosphoric ester groups is 1. The Morgan fingerprint density at radius 3 is 2.47 bits per heavy atom. The van der Waals surface area contributed by atoms with E-state index in [9.17, 15) is 28.1 Å². The van der Waals surface area contributed by atoms with Crippen LogP contribution in [0, 0.1) is 10.5 Å². The smallest absolute Gasteiger partial charge is 0.387 e. The summed E-state index contributed by atoms with van der Waals surface area (Å²) < 4.78 is 67.5. The van der Waals surface area contributed by atoms with Gasteiger partial charge in [-0.25, -0.2) is 28.1 Å². The molecule has 3 rings (SSSR count). The first-order chi connectivity index (χ1) is 14.6. The van der Waals surface area contributed by atoms with E-state index >= 15 is 0 Å². The number of nitrogens with zero attached hydrogens (tertiary/aromatic N) is 3. The lowest BCUT2D eigenvalue weighted by Gasteiger charge is -2.19. The van der Waals surface area contributed by atoms with Gasteiger partial charge in [-0.1, -0.05) is 0 Å². The number of aryl methyl sites for hydroxylation is 1. The average Bonchev–Trinajstić information content (AvgIpc) is 3.09. The van der Waals surface area contributed by atoms with Gasteiger partial charge in [0, 0.05) is 9.77 Å². The SMILES string of the molecule is Cc1ncnc2c1c(I)cn2[C@@H]1O[C@H](COP(=O)(O)OP(=O)(O)OP(=O)(O)O)[C@@H](O)[C@@H]1F. The van der Waals surface area contributed by atoms with Gasteiger partial charge in [-0.2, -0.15) is 8.62 Å². The number of fused-ring (bicyclic) bond motifs is 1. The monoisotopic (exact) mass is 633 g/mol. The zero-order valence-corrected chi connectivity index (χ0v) is 20.5. The van der Waals surface area contributed by atoms with Crippen molar-refractivity contribution in [3.05, 3.63) is 21.8 Å². The van der Waals surface area contributed by atoms with E-state index in [1.807, 2.05) is 22.6 Å². The summed E-state index contributed by atoms with van der Waals surface area (Å²) in [5, 5.41) is 10.8. The molecule has 1 aliphatic heterocycles. The zero-order chi connectivity index (χ0) is 24.1. The molecular weight excluding hydrogens is 617 g/mol. The lowest BCUT2D eigenvalue weighted by Crippen LogP contribution is -2.31. The summed E-state index contributed by atoms with van der Waals surface area (Å²) in [5.41, 5.74) is 0.937. The van der Waals surface area contributed by atoms with Crippen molar-refractivity contribution in [2.45, 2.75) is 31.5 Å². The van der Waals surface area contributed by atoms with Gasteiger partial charge in [0.1, 0.15) is 24.2 Å². The van der Waals surface area contributed by atoms with Crippen LogP contribution in [0.2, 0.25) is 0 Å². The third-order valence-electron chi connectivity index (χ3n) is 4.14. The molecule has 15 nitrogen and oxygen atoms in total. The average molecular weight is 633 g/mol. The second kappa shape index (κ2) is 9.34. The highest BCUT2D eigenvalue weighted by molar-refractivity contribution is 14.1. The highest BCUT2D eigenvalue weighted by Gasteiger charge is 2.48. The minimum absolute atomic E-state index is 0.315. The topological polar surface area (TPSA) is 220 Å². The second-order valence-corrected chi connectivity index (χ2v) is 12.0. The van der Waals surface area contributed by atoms with E-state index in [0.717, 1.165) is 0 Å². The molecule has 1 aliphatic rings. The summed E-state index contributed by atoms with van der Waals surface area (Å²) >= 11 is 1.99. The fourth-order valence-corrected chi connectivity index (χ4v) is 6.88. The van der Waals surface area contributed by atoms with Crippen LogP contribution in [-0.4, -0.2) is 64.2 Å². The predicted octanol–water partition coefficient (Wildman–Crippen LogP) is 1.28. The molecule has 5 N–H and O–H groups in total. The van der Waals surface area contributed by atoms with Crippen LogP contribution in [0.4, 0.5) is 4.39 Å². The summed E-state index contributed by atoms with van der Waals surface area (Å²) in [4.78, 5) is 43.8. The molecule has 0 saturated carbocycles. The Balaban J connectivity index is 1.73. The molecule has 3 heterocycles. The molecule has 2 unspecified atom stereocenters. The number of aliphatic hydroxyl groups is 1. The zero-order valence-electron chi connectivity index (χ0n) is 15.7. The quantitative estimate of drug-likeness (QED) is 0.204. The standard InChI is InChI=1S/C12H16FIN3O12P3/c1-5-8-6(14)2-17(11(8)16-4-15-5)12-9(13)10(18)7(27-12)3-26-31(22,23)29-32(24,25)28-30(19,20)21/h2,4,7,9-10,12,18H,3H2,1H3,(H,22,23)(H,24,25)(H2,19,20,21)/t7-,9+,10-,12-/m1/s1. The van der Waals surface area contributed by atoms with Crippen molar-refractivity contribution < 1.29 is 60.6 Å². The van der Waals surface area contributed by atoms with Gasteiger partial charge < -0.3 is 34.0 Å². The van der Waals surface area contributed by atoms with Gasteiger partial charge in [-0.05, 0) is 29.5 Å². The number of hydrogen-bond donors (Lipinski definition) is 5. The maximum absolute atomic E-state index is 14.8. The van der Waals surface area contributed by atoms with Crippen LogP contribution in [0.15, 0.2) is 12.5 Å². The highest BCUT2D eigenvalue weighted by Crippen LogP contribution is 2.66. The van der Waals surface area contributed by atoms with Crippen molar-refractivity contribution in [3.8, 4) is 0 Å². The molecule has 0 radical (unpaired) electrons. The lowest BCUT2D eigenvalue weighted by molar-refractivity contribution is -0.0449. The summed E-state index contributed by atoms with van der Waals surface area (Å²) in [6.07, 6.45) is -4.02. The van der Waals surface area contributed by atoms with Crippen molar-refractivity contribution in [2.75, 3.05) is 6.61 Å². The molecule has 0 spiro atoms. The number of ether oxygens (including phenoxy) is 1. The molecule has 20 heteroatoms. The third-order valence-corrected chi connectivity index (χ3v) is 8.76. The van der Waals surface area contributed by atoms with E-state index in [1.54, 1.807) is 6.92 Å². The van der Waals surface area contributed by atoms with E-state index in [4.69, 9.17) is 19.4 Å². The molecule has 2 aromatic rings. The van der Waals surface area contributed by atoms with Gasteiger partial charge >= 0.3 is 23.5 Å². The van der Waals surface area contributed by atoms with E-state index in [1.165, 1.54) is 17.1 Å². The Morgan fingerprint density at radius 2 is 1.84 bits per heavy atom. The van der Waals surface area contributed by atoms with Crippen molar-refractivity contribution >= 4 is 57.1 Å². The largest absolute Gasteiger partial charge is 0.490 e. The van der Waals surface area contributed by atoms with Gasteiger partial charge in [0.15, 0.2) is 12.4 Å². The Kier molecular flexibility index (Phi) is 7.65. The first-order valence-electron chi connectivity index (χ1n) is 8.34. The fourth-order valence-electron chi connectivity index (χ4n) is 2.91. The first-order valence-corrected chi connectivity index (χ1v) is 13.9. The van der Waals surface area contributed by atoms with Crippen LogP contribution in [-0.2, 0) is 31.6 Å². The first kappa shape index (κ1) is 26.2. The van der Waals surface area contributed by atoms with Crippen LogP contribution < -0.4 is 0 Å². The summed E-state index contributed by atoms with van der Waals surface area (Å²) in [6.45, 7) is 0.728. The highest BCUT2D eigenvalue weighted by atomic mass is 127. The van der Waals surface area contributed by atoms with Crippen molar-refractivity contribution in [1.29, 1.82) is 0 Å². The second-order valence-electron chi connectivity index (χ2n) is 6.43. The maximum atomic E-state index is 14.8. The number of rotatable bonds is 8. The van der Waals surface area contributed by atoms with Gasteiger partial charge in [-0.3, -0.25) is 4.52 Å². The van der Waals surface area contributed by atoms with Crippen molar-refractivity contribution in [2.24, 2.45) is 0 Å². The molecule has 0 amide bonds. The lowest BCUT2D eigenvalue weighted by atomic mass is 10.1. The van der Waals surface area contributed by atoms with Gasteiger partial charge in [0.2, 0.25) is 0 Å². The van der Waals surface area contributed by atoms with Crippen molar-refractivity contribution in [3.63, 3.8) is 0 Å². The molecule has 1 saturated heterocycles. The van der Waals surface area contributed by atoms with Crippen LogP contribution in [0.25, 0.3) is 11.0 Å². The van der Waals surface area contributed by atoms with Crippen molar-refractivity contribution in [1.82, 2.24) is 14.5 Å². The maximum Gasteiger partial charge on any atom is 0.490 e. The number of alkyl halides is 1. The summed E-state index contributed by atoms with van der Waals surface area (Å²) in [6, 6.07) is 0. The van der Waals surface area contributed by atoms with E-state index in [-0.39, 0.29) is 0 Å². The Morgan fingerprint density at radius 1 is 1.19 bits per heavy atom.